The number of nitrogens with zero attached hydrogens (tertiary/aromatic N) is 1. The average molecular weight is 193 g/mol. The Morgan fingerprint density at radius 1 is 1.46 bits per heavy atom. The number of amidine groups is 1. The molecule has 2 nitrogen and oxygen atoms in total. The van der Waals surface area contributed by atoms with Crippen LogP contribution in [0.1, 0.15) is 5.56 Å². The van der Waals surface area contributed by atoms with E-state index in [4.69, 9.17) is 23.8 Å². The number of aliphatic imine (C=N–C) groups is 1. The van der Waals surface area contributed by atoms with Gasteiger partial charge in [-0.25, -0.2) is 0 Å². The van der Waals surface area contributed by atoms with Crippen LogP contribution in [0.5, 0.6) is 0 Å². The van der Waals surface area contributed by atoms with Crippen molar-refractivity contribution in [1.29, 1.82) is 0 Å². The molecule has 0 atom stereocenters. The third-order valence-electron chi connectivity index (χ3n) is 1.48. The van der Waals surface area contributed by atoms with Crippen LogP contribution in [0.15, 0.2) is 29.3 Å². The van der Waals surface area contributed by atoms with Crippen LogP contribution in [0, 0.1) is 12.3 Å². The van der Waals surface area contributed by atoms with Crippen molar-refractivity contribution in [3.63, 3.8) is 0 Å². The molecule has 2 N–H and O–H groups in total. The van der Waals surface area contributed by atoms with Crippen LogP contribution in [-0.4, -0.2) is 12.4 Å². The molecule has 0 spiro atoms. The van der Waals surface area contributed by atoms with Gasteiger partial charge in [-0.15, -0.1) is 6.42 Å². The second-order valence-corrected chi connectivity index (χ2v) is 2.85. The van der Waals surface area contributed by atoms with Crippen molar-refractivity contribution in [1.82, 2.24) is 0 Å². The fraction of sp³-hybridized carbons (Fsp3) is 0.100. The van der Waals surface area contributed by atoms with E-state index in [2.05, 4.69) is 10.9 Å². The quantitative estimate of drug-likeness (QED) is 0.432. The van der Waals surface area contributed by atoms with Crippen LogP contribution >= 0.6 is 11.6 Å². The van der Waals surface area contributed by atoms with Crippen LogP contribution in [0.3, 0.4) is 0 Å². The SMILES string of the molecule is C#CCN=C(N)c1ccc(Cl)cc1. The first-order chi connectivity index (χ1) is 6.24. The Hall–Kier alpha value is -1.46. The Balaban J connectivity index is 2.84. The minimum atomic E-state index is 0.300. The second kappa shape index (κ2) is 4.54. The van der Waals surface area contributed by atoms with Gasteiger partial charge in [0, 0.05) is 10.6 Å². The number of rotatable bonds is 2. The van der Waals surface area contributed by atoms with Crippen LogP contribution < -0.4 is 5.73 Å². The number of halogens is 1. The summed E-state index contributed by atoms with van der Waals surface area (Å²) in [4.78, 5) is 3.96. The van der Waals surface area contributed by atoms with Gasteiger partial charge in [-0.05, 0) is 24.3 Å². The average Bonchev–Trinajstić information content (AvgIpc) is 2.15. The van der Waals surface area contributed by atoms with Crippen LogP contribution in [0.4, 0.5) is 0 Å². The highest BCUT2D eigenvalue weighted by Gasteiger charge is 1.96. The van der Waals surface area contributed by atoms with Gasteiger partial charge >= 0.3 is 0 Å². The van der Waals surface area contributed by atoms with Crippen molar-refractivity contribution in [3.05, 3.63) is 34.9 Å². The number of terminal acetylenes is 1. The van der Waals surface area contributed by atoms with Gasteiger partial charge in [0.25, 0.3) is 0 Å². The molecule has 0 fully saturated rings. The normalized spacial score (nSPS) is 10.9. The molecule has 0 aliphatic carbocycles. The molecule has 66 valence electrons. The molecule has 1 rings (SSSR count). The highest BCUT2D eigenvalue weighted by Crippen LogP contribution is 2.08. The van der Waals surface area contributed by atoms with E-state index in [-0.39, 0.29) is 0 Å². The molecule has 0 aliphatic rings. The summed E-state index contributed by atoms with van der Waals surface area (Å²) in [7, 11) is 0. The molecule has 13 heavy (non-hydrogen) atoms. The fourth-order valence-electron chi connectivity index (χ4n) is 0.843. The van der Waals surface area contributed by atoms with E-state index in [9.17, 15) is 0 Å². The Kier molecular flexibility index (Phi) is 3.36. The molecule has 1 aromatic rings. The second-order valence-electron chi connectivity index (χ2n) is 2.41. The van der Waals surface area contributed by atoms with E-state index in [0.29, 0.717) is 17.4 Å². The van der Waals surface area contributed by atoms with Crippen LogP contribution in [-0.2, 0) is 0 Å². The third kappa shape index (κ3) is 2.81. The van der Waals surface area contributed by atoms with Crippen molar-refractivity contribution < 1.29 is 0 Å². The zero-order valence-electron chi connectivity index (χ0n) is 7.00. The molecular formula is C10H9ClN2. The van der Waals surface area contributed by atoms with Gasteiger partial charge in [0.2, 0.25) is 0 Å². The molecule has 3 heteroatoms. The smallest absolute Gasteiger partial charge is 0.126 e. The molecule has 0 amide bonds. The van der Waals surface area contributed by atoms with E-state index in [1.54, 1.807) is 24.3 Å². The largest absolute Gasteiger partial charge is 0.383 e. The standard InChI is InChI=1S/C10H9ClN2/c1-2-7-13-10(12)8-3-5-9(11)6-4-8/h1,3-6H,7H2,(H2,12,13). The predicted octanol–water partition coefficient (Wildman–Crippen LogP) is 1.68. The molecule has 0 radical (unpaired) electrons. The Morgan fingerprint density at radius 3 is 2.62 bits per heavy atom. The van der Waals surface area contributed by atoms with Gasteiger partial charge in [-0.1, -0.05) is 17.5 Å². The van der Waals surface area contributed by atoms with Crippen molar-refractivity contribution in [3.8, 4) is 12.3 Å². The summed E-state index contributed by atoms with van der Waals surface area (Å²) in [6, 6.07) is 7.12. The van der Waals surface area contributed by atoms with E-state index in [1.807, 2.05) is 0 Å². The predicted molar refractivity (Wildman–Crippen MR) is 55.9 cm³/mol. The molecule has 0 heterocycles. The number of nitrogens with two attached hydrogens (primary N) is 1. The lowest BCUT2D eigenvalue weighted by Crippen LogP contribution is -2.13. The molecule has 0 saturated carbocycles. The maximum atomic E-state index is 5.71. The van der Waals surface area contributed by atoms with Crippen molar-refractivity contribution >= 4 is 17.4 Å². The van der Waals surface area contributed by atoms with Crippen molar-refractivity contribution in [2.75, 3.05) is 6.54 Å². The molecule has 0 unspecified atom stereocenters. The first kappa shape index (κ1) is 9.63. The Morgan fingerprint density at radius 2 is 2.08 bits per heavy atom. The molecular weight excluding hydrogens is 184 g/mol. The van der Waals surface area contributed by atoms with Crippen LogP contribution in [0.2, 0.25) is 5.02 Å². The highest BCUT2D eigenvalue weighted by atomic mass is 35.5. The summed E-state index contributed by atoms with van der Waals surface area (Å²) in [5.41, 5.74) is 6.48. The van der Waals surface area contributed by atoms with Gasteiger partial charge in [0.05, 0.1) is 0 Å². The minimum Gasteiger partial charge on any atom is -0.383 e. The summed E-state index contributed by atoms with van der Waals surface area (Å²) < 4.78 is 0. The monoisotopic (exact) mass is 192 g/mol. The molecule has 0 bridgehead atoms. The van der Waals surface area contributed by atoms with E-state index < -0.39 is 0 Å². The van der Waals surface area contributed by atoms with Gasteiger partial charge < -0.3 is 5.73 Å². The van der Waals surface area contributed by atoms with E-state index in [1.165, 1.54) is 0 Å². The maximum absolute atomic E-state index is 5.71. The third-order valence-corrected chi connectivity index (χ3v) is 1.73. The lowest BCUT2D eigenvalue weighted by atomic mass is 10.2. The first-order valence-corrected chi connectivity index (χ1v) is 4.11. The summed E-state index contributed by atoms with van der Waals surface area (Å²) in [6.45, 7) is 0.300. The van der Waals surface area contributed by atoms with Crippen molar-refractivity contribution in [2.45, 2.75) is 0 Å². The fourth-order valence-corrected chi connectivity index (χ4v) is 0.969. The van der Waals surface area contributed by atoms with E-state index >= 15 is 0 Å². The highest BCUT2D eigenvalue weighted by molar-refractivity contribution is 6.30. The van der Waals surface area contributed by atoms with Crippen LogP contribution in [0.25, 0.3) is 0 Å². The summed E-state index contributed by atoms with van der Waals surface area (Å²) in [6.07, 6.45) is 5.05. The zero-order chi connectivity index (χ0) is 9.68. The summed E-state index contributed by atoms with van der Waals surface area (Å²) in [5, 5.41) is 0.675. The maximum Gasteiger partial charge on any atom is 0.126 e. The number of benzene rings is 1. The van der Waals surface area contributed by atoms with Gasteiger partial charge in [-0.3, -0.25) is 4.99 Å². The number of hydrogen-bond donors (Lipinski definition) is 1. The van der Waals surface area contributed by atoms with Gasteiger partial charge in [0.1, 0.15) is 12.4 Å². The van der Waals surface area contributed by atoms with E-state index in [0.717, 1.165) is 5.56 Å². The summed E-state index contributed by atoms with van der Waals surface area (Å²) >= 11 is 5.71. The Labute approximate surface area is 82.4 Å². The first-order valence-electron chi connectivity index (χ1n) is 3.73. The lowest BCUT2D eigenvalue weighted by molar-refractivity contribution is 1.26. The topological polar surface area (TPSA) is 38.4 Å². The molecule has 1 aromatic carbocycles. The Bertz CT molecular complexity index is 346. The molecule has 0 aliphatic heterocycles. The van der Waals surface area contributed by atoms with Gasteiger partial charge in [-0.2, -0.15) is 0 Å². The molecule has 0 aromatic heterocycles. The lowest BCUT2D eigenvalue weighted by Gasteiger charge is -1.98. The van der Waals surface area contributed by atoms with Gasteiger partial charge in [0.15, 0.2) is 0 Å². The minimum absolute atomic E-state index is 0.300. The molecule has 0 saturated heterocycles. The zero-order valence-corrected chi connectivity index (χ0v) is 7.75. The number of hydrogen-bond acceptors (Lipinski definition) is 1. The van der Waals surface area contributed by atoms with Crippen molar-refractivity contribution in [2.24, 2.45) is 10.7 Å². The summed E-state index contributed by atoms with van der Waals surface area (Å²) in [5.74, 6) is 2.83.